The van der Waals surface area contributed by atoms with Gasteiger partial charge in [0.1, 0.15) is 5.75 Å². The molecule has 6 nitrogen and oxygen atoms in total. The fraction of sp³-hybridized carbons (Fsp3) is 0.348. The van der Waals surface area contributed by atoms with Crippen LogP contribution in [0.2, 0.25) is 0 Å². The minimum Gasteiger partial charge on any atom is -0.497 e. The van der Waals surface area contributed by atoms with Gasteiger partial charge in [0, 0.05) is 42.8 Å². The van der Waals surface area contributed by atoms with Gasteiger partial charge in [-0.15, -0.1) is 0 Å². The monoisotopic (exact) mass is 390 g/mol. The Morgan fingerprint density at radius 3 is 2.69 bits per heavy atom. The third-order valence-corrected chi connectivity index (χ3v) is 5.53. The summed E-state index contributed by atoms with van der Waals surface area (Å²) in [5, 5.41) is 4.10. The zero-order chi connectivity index (χ0) is 20.1. The summed E-state index contributed by atoms with van der Waals surface area (Å²) in [6.45, 7) is 2.13. The van der Waals surface area contributed by atoms with Crippen molar-refractivity contribution in [3.8, 4) is 5.75 Å². The van der Waals surface area contributed by atoms with Gasteiger partial charge in [-0.3, -0.25) is 0 Å². The van der Waals surface area contributed by atoms with Crippen LogP contribution in [0.1, 0.15) is 30.0 Å². The molecule has 1 fully saturated rings. The molecule has 3 heterocycles. The Balaban J connectivity index is 1.25. The number of rotatable bonds is 5. The highest BCUT2D eigenvalue weighted by Gasteiger charge is 2.24. The zero-order valence-electron chi connectivity index (χ0n) is 16.7. The second-order valence-corrected chi connectivity index (χ2v) is 7.38. The van der Waals surface area contributed by atoms with Crippen LogP contribution in [-0.4, -0.2) is 47.6 Å². The van der Waals surface area contributed by atoms with Gasteiger partial charge in [-0.1, -0.05) is 12.1 Å². The van der Waals surface area contributed by atoms with Crippen LogP contribution < -0.4 is 10.1 Å². The molecule has 0 saturated carbocycles. The number of aromatic nitrogens is 2. The molecular weight excluding hydrogens is 364 g/mol. The number of hydrogen-bond donors (Lipinski definition) is 1. The number of carbonyl (C=O) groups excluding carboxylic acids is 1. The van der Waals surface area contributed by atoms with E-state index in [0.29, 0.717) is 12.5 Å². The van der Waals surface area contributed by atoms with Gasteiger partial charge in [0.15, 0.2) is 5.65 Å². The second kappa shape index (κ2) is 8.90. The predicted octanol–water partition coefficient (Wildman–Crippen LogP) is 3.77. The van der Waals surface area contributed by atoms with Gasteiger partial charge >= 0.3 is 6.03 Å². The van der Waals surface area contributed by atoms with Crippen LogP contribution in [0.5, 0.6) is 5.75 Å². The fourth-order valence-corrected chi connectivity index (χ4v) is 3.79. The number of hydrogen-bond acceptors (Lipinski definition) is 4. The van der Waals surface area contributed by atoms with Gasteiger partial charge < -0.3 is 15.0 Å². The van der Waals surface area contributed by atoms with E-state index in [-0.39, 0.29) is 6.03 Å². The lowest BCUT2D eigenvalue weighted by atomic mass is 9.93. The third-order valence-electron chi connectivity index (χ3n) is 5.53. The van der Waals surface area contributed by atoms with Crippen molar-refractivity contribution in [1.82, 2.24) is 20.2 Å². The quantitative estimate of drug-likeness (QED) is 0.720. The highest BCUT2D eigenvalue weighted by atomic mass is 16.5. The molecular formula is C23H26N4O2. The fourth-order valence-electron chi connectivity index (χ4n) is 3.79. The first-order valence-electron chi connectivity index (χ1n) is 10.1. The summed E-state index contributed by atoms with van der Waals surface area (Å²) in [6, 6.07) is 16.1. The summed E-state index contributed by atoms with van der Waals surface area (Å²) in [6.07, 6.45) is 4.44. The molecule has 1 saturated heterocycles. The number of piperidine rings is 1. The molecule has 0 atom stereocenters. The van der Waals surface area contributed by atoms with Gasteiger partial charge in [0.2, 0.25) is 0 Å². The molecule has 1 aromatic carbocycles. The number of amides is 2. The SMILES string of the molecule is COc1ccc(CCNC(=O)N2CCC(c3ccc4cccnc4n3)CC2)cc1. The third kappa shape index (κ3) is 4.65. The van der Waals surface area contributed by atoms with E-state index >= 15 is 0 Å². The van der Waals surface area contributed by atoms with Gasteiger partial charge in [-0.25, -0.2) is 14.8 Å². The Bertz CT molecular complexity index is 966. The summed E-state index contributed by atoms with van der Waals surface area (Å²) < 4.78 is 5.17. The van der Waals surface area contributed by atoms with E-state index in [4.69, 9.17) is 9.72 Å². The molecule has 0 radical (unpaired) electrons. The van der Waals surface area contributed by atoms with Crippen LogP contribution in [0.4, 0.5) is 4.79 Å². The van der Waals surface area contributed by atoms with E-state index in [1.165, 1.54) is 5.56 Å². The van der Waals surface area contributed by atoms with Crippen LogP contribution in [-0.2, 0) is 6.42 Å². The average Bonchev–Trinajstić information content (AvgIpc) is 2.79. The van der Waals surface area contributed by atoms with Crippen molar-refractivity contribution >= 4 is 17.1 Å². The first-order chi connectivity index (χ1) is 14.2. The number of fused-ring (bicyclic) bond motifs is 1. The Kier molecular flexibility index (Phi) is 5.89. The zero-order valence-corrected chi connectivity index (χ0v) is 16.7. The summed E-state index contributed by atoms with van der Waals surface area (Å²) in [4.78, 5) is 23.5. The van der Waals surface area contributed by atoms with Crippen molar-refractivity contribution in [1.29, 1.82) is 0 Å². The predicted molar refractivity (Wildman–Crippen MR) is 113 cm³/mol. The Morgan fingerprint density at radius 2 is 1.93 bits per heavy atom. The van der Waals surface area contributed by atoms with E-state index in [1.807, 2.05) is 41.3 Å². The lowest BCUT2D eigenvalue weighted by Crippen LogP contribution is -2.44. The number of likely N-dealkylation sites (tertiary alicyclic amines) is 1. The lowest BCUT2D eigenvalue weighted by Gasteiger charge is -2.31. The molecule has 2 amide bonds. The lowest BCUT2D eigenvalue weighted by molar-refractivity contribution is 0.181. The molecule has 1 aliphatic rings. The van der Waals surface area contributed by atoms with Gasteiger partial charge in [0.25, 0.3) is 0 Å². The standard InChI is InChI=1S/C23H26N4O2/c1-29-20-7-4-17(5-8-20)10-14-25-23(28)27-15-11-18(12-16-27)21-9-6-19-3-2-13-24-22(19)26-21/h2-9,13,18H,10-12,14-16H2,1H3,(H,25,28). The topological polar surface area (TPSA) is 67.3 Å². The minimum absolute atomic E-state index is 0.0186. The summed E-state index contributed by atoms with van der Waals surface area (Å²) in [7, 11) is 1.66. The van der Waals surface area contributed by atoms with Crippen LogP contribution in [0.15, 0.2) is 54.7 Å². The van der Waals surface area contributed by atoms with Crippen LogP contribution in [0, 0.1) is 0 Å². The van der Waals surface area contributed by atoms with Crippen LogP contribution in [0.25, 0.3) is 11.0 Å². The molecule has 0 bridgehead atoms. The molecule has 0 spiro atoms. The van der Waals surface area contributed by atoms with E-state index in [9.17, 15) is 4.79 Å². The van der Waals surface area contributed by atoms with Gasteiger partial charge in [-0.2, -0.15) is 0 Å². The Hall–Kier alpha value is -3.15. The number of urea groups is 1. The number of nitrogens with zero attached hydrogens (tertiary/aromatic N) is 3. The molecule has 0 unspecified atom stereocenters. The summed E-state index contributed by atoms with van der Waals surface area (Å²) >= 11 is 0. The highest BCUT2D eigenvalue weighted by Crippen LogP contribution is 2.27. The van der Waals surface area contributed by atoms with Gasteiger partial charge in [0.05, 0.1) is 7.11 Å². The number of ether oxygens (including phenoxy) is 1. The second-order valence-electron chi connectivity index (χ2n) is 7.38. The number of pyridine rings is 2. The Labute approximate surface area is 170 Å². The van der Waals surface area contributed by atoms with Gasteiger partial charge in [-0.05, 0) is 61.2 Å². The highest BCUT2D eigenvalue weighted by molar-refractivity contribution is 5.75. The van der Waals surface area contributed by atoms with E-state index in [2.05, 4.69) is 22.4 Å². The maximum Gasteiger partial charge on any atom is 0.317 e. The molecule has 0 aliphatic carbocycles. The largest absolute Gasteiger partial charge is 0.497 e. The molecule has 2 aromatic heterocycles. The summed E-state index contributed by atoms with van der Waals surface area (Å²) in [5.41, 5.74) is 3.06. The average molecular weight is 390 g/mol. The number of carbonyl (C=O) groups is 1. The van der Waals surface area contributed by atoms with Crippen LogP contribution in [0.3, 0.4) is 0 Å². The normalized spacial score (nSPS) is 14.7. The van der Waals surface area contributed by atoms with Crippen molar-refractivity contribution in [2.75, 3.05) is 26.7 Å². The van der Waals surface area contributed by atoms with Crippen molar-refractivity contribution in [3.63, 3.8) is 0 Å². The molecule has 29 heavy (non-hydrogen) atoms. The van der Waals surface area contributed by atoms with Crippen molar-refractivity contribution in [2.45, 2.75) is 25.2 Å². The molecule has 1 N–H and O–H groups in total. The van der Waals surface area contributed by atoms with Crippen molar-refractivity contribution in [3.05, 3.63) is 66.0 Å². The number of methoxy groups -OCH3 is 1. The summed E-state index contributed by atoms with van der Waals surface area (Å²) in [5.74, 6) is 1.22. The first kappa shape index (κ1) is 19.2. The maximum atomic E-state index is 12.5. The van der Waals surface area contributed by atoms with E-state index in [0.717, 1.165) is 54.8 Å². The molecule has 1 aliphatic heterocycles. The molecule has 4 rings (SSSR count). The number of nitrogens with one attached hydrogen (secondary N) is 1. The molecule has 3 aromatic rings. The van der Waals surface area contributed by atoms with Crippen molar-refractivity contribution < 1.29 is 9.53 Å². The first-order valence-corrected chi connectivity index (χ1v) is 10.1. The smallest absolute Gasteiger partial charge is 0.317 e. The maximum absolute atomic E-state index is 12.5. The number of benzene rings is 1. The molecule has 6 heteroatoms. The van der Waals surface area contributed by atoms with E-state index in [1.54, 1.807) is 13.3 Å². The molecule has 150 valence electrons. The minimum atomic E-state index is 0.0186. The van der Waals surface area contributed by atoms with Crippen molar-refractivity contribution in [2.24, 2.45) is 0 Å². The van der Waals surface area contributed by atoms with E-state index < -0.39 is 0 Å². The Morgan fingerprint density at radius 1 is 1.14 bits per heavy atom. The van der Waals surface area contributed by atoms with Crippen LogP contribution >= 0.6 is 0 Å².